The Bertz CT molecular complexity index is 421. The minimum absolute atomic E-state index is 0. The molecule has 0 saturated heterocycles. The number of hydrogen-bond donors (Lipinski definition) is 2. The zero-order valence-electron chi connectivity index (χ0n) is 9.67. The summed E-state index contributed by atoms with van der Waals surface area (Å²) in [6.07, 6.45) is -3.84. The maximum Gasteiger partial charge on any atom is 0.417 e. The van der Waals surface area contributed by atoms with E-state index in [-0.39, 0.29) is 23.7 Å². The van der Waals surface area contributed by atoms with Crippen LogP contribution in [0.2, 0.25) is 0 Å². The van der Waals surface area contributed by atoms with Crippen molar-refractivity contribution in [1.82, 2.24) is 0 Å². The summed E-state index contributed by atoms with van der Waals surface area (Å²) in [6, 6.07) is 3.39. The lowest BCUT2D eigenvalue weighted by Crippen LogP contribution is -2.19. The Morgan fingerprint density at radius 3 is 2.44 bits per heavy atom. The van der Waals surface area contributed by atoms with Gasteiger partial charge in [-0.2, -0.15) is 13.2 Å². The van der Waals surface area contributed by atoms with Crippen LogP contribution in [0.1, 0.15) is 24.5 Å². The van der Waals surface area contributed by atoms with E-state index in [1.54, 1.807) is 0 Å². The number of nitrogen functional groups attached to an aromatic ring is 1. The fourth-order valence-corrected chi connectivity index (χ4v) is 1.30. The SMILES string of the molecule is CCCOc1ccc(C(=N)N)c(C(F)(F)F)c1.Cl. The molecule has 0 fully saturated rings. The quantitative estimate of drug-likeness (QED) is 0.658. The molecule has 0 unspecified atom stereocenters. The second-order valence-electron chi connectivity index (χ2n) is 3.47. The van der Waals surface area contributed by atoms with Gasteiger partial charge < -0.3 is 10.5 Å². The van der Waals surface area contributed by atoms with Gasteiger partial charge in [0.2, 0.25) is 0 Å². The van der Waals surface area contributed by atoms with E-state index >= 15 is 0 Å². The Morgan fingerprint density at radius 2 is 2.00 bits per heavy atom. The van der Waals surface area contributed by atoms with Crippen molar-refractivity contribution in [3.8, 4) is 5.75 Å². The van der Waals surface area contributed by atoms with E-state index in [1.165, 1.54) is 6.07 Å². The lowest BCUT2D eigenvalue weighted by Gasteiger charge is -2.14. The van der Waals surface area contributed by atoms with Gasteiger partial charge in [-0.3, -0.25) is 5.41 Å². The van der Waals surface area contributed by atoms with Crippen molar-refractivity contribution >= 4 is 18.2 Å². The summed E-state index contributed by atoms with van der Waals surface area (Å²) < 4.78 is 43.2. The van der Waals surface area contributed by atoms with Crippen molar-refractivity contribution in [2.24, 2.45) is 5.73 Å². The van der Waals surface area contributed by atoms with Gasteiger partial charge in [-0.15, -0.1) is 12.4 Å². The van der Waals surface area contributed by atoms with Crippen molar-refractivity contribution in [2.45, 2.75) is 19.5 Å². The molecular weight excluding hydrogens is 269 g/mol. The standard InChI is InChI=1S/C11H13F3N2O.ClH/c1-2-5-17-7-3-4-8(10(15)16)9(6-7)11(12,13)14;/h3-4,6H,2,5H2,1H3,(H3,15,16);1H. The second-order valence-corrected chi connectivity index (χ2v) is 3.47. The van der Waals surface area contributed by atoms with Gasteiger partial charge in [0.1, 0.15) is 11.6 Å². The number of nitrogens with one attached hydrogen (secondary N) is 1. The molecular formula is C11H14ClF3N2O. The van der Waals surface area contributed by atoms with Crippen LogP contribution in [0.5, 0.6) is 5.75 Å². The van der Waals surface area contributed by atoms with Gasteiger partial charge in [-0.05, 0) is 24.6 Å². The lowest BCUT2D eigenvalue weighted by atomic mass is 10.1. The number of alkyl halides is 3. The van der Waals surface area contributed by atoms with Crippen LogP contribution in [0.4, 0.5) is 13.2 Å². The Hall–Kier alpha value is -1.43. The monoisotopic (exact) mass is 282 g/mol. The van der Waals surface area contributed by atoms with Crippen molar-refractivity contribution in [3.63, 3.8) is 0 Å². The summed E-state index contributed by atoms with van der Waals surface area (Å²) in [5.74, 6) is -0.483. The summed E-state index contributed by atoms with van der Waals surface area (Å²) in [6.45, 7) is 2.20. The largest absolute Gasteiger partial charge is 0.494 e. The molecule has 3 nitrogen and oxygen atoms in total. The molecule has 102 valence electrons. The van der Waals surface area contributed by atoms with Gasteiger partial charge in [-0.25, -0.2) is 0 Å². The number of hydrogen-bond acceptors (Lipinski definition) is 2. The van der Waals surface area contributed by atoms with Gasteiger partial charge >= 0.3 is 6.18 Å². The molecule has 0 aromatic heterocycles. The van der Waals surface area contributed by atoms with E-state index in [2.05, 4.69) is 0 Å². The molecule has 0 saturated carbocycles. The zero-order valence-corrected chi connectivity index (χ0v) is 10.5. The number of benzene rings is 1. The van der Waals surface area contributed by atoms with Crippen molar-refractivity contribution < 1.29 is 17.9 Å². The fourth-order valence-electron chi connectivity index (χ4n) is 1.30. The van der Waals surface area contributed by atoms with Crippen LogP contribution in [0.15, 0.2) is 18.2 Å². The van der Waals surface area contributed by atoms with E-state index < -0.39 is 17.6 Å². The van der Waals surface area contributed by atoms with E-state index in [1.807, 2.05) is 6.92 Å². The Labute approximate surface area is 109 Å². The predicted octanol–water partition coefficient (Wildman–Crippen LogP) is 3.20. The minimum atomic E-state index is -4.55. The van der Waals surface area contributed by atoms with E-state index in [0.29, 0.717) is 13.0 Å². The van der Waals surface area contributed by atoms with Gasteiger partial charge in [-0.1, -0.05) is 6.92 Å². The number of nitrogens with two attached hydrogens (primary N) is 1. The zero-order chi connectivity index (χ0) is 13.1. The average molecular weight is 283 g/mol. The van der Waals surface area contributed by atoms with Gasteiger partial charge in [0.25, 0.3) is 0 Å². The number of amidine groups is 1. The third-order valence-electron chi connectivity index (χ3n) is 2.06. The molecule has 0 aliphatic carbocycles. The molecule has 18 heavy (non-hydrogen) atoms. The molecule has 1 rings (SSSR count). The molecule has 0 aliphatic rings. The van der Waals surface area contributed by atoms with Crippen molar-refractivity contribution in [1.29, 1.82) is 5.41 Å². The number of ether oxygens (including phenoxy) is 1. The summed E-state index contributed by atoms with van der Waals surface area (Å²) in [5, 5.41) is 7.10. The van der Waals surface area contributed by atoms with Crippen LogP contribution in [0.3, 0.4) is 0 Å². The highest BCUT2D eigenvalue weighted by molar-refractivity contribution is 5.96. The van der Waals surface area contributed by atoms with Gasteiger partial charge in [0.15, 0.2) is 0 Å². The third-order valence-corrected chi connectivity index (χ3v) is 2.06. The fraction of sp³-hybridized carbons (Fsp3) is 0.364. The first kappa shape index (κ1) is 16.6. The molecule has 0 heterocycles. The van der Waals surface area contributed by atoms with E-state index in [9.17, 15) is 13.2 Å². The summed E-state index contributed by atoms with van der Waals surface area (Å²) in [7, 11) is 0. The van der Waals surface area contributed by atoms with Crippen molar-refractivity contribution in [3.05, 3.63) is 29.3 Å². The Morgan fingerprint density at radius 1 is 1.39 bits per heavy atom. The van der Waals surface area contributed by atoms with Crippen molar-refractivity contribution in [2.75, 3.05) is 6.61 Å². The van der Waals surface area contributed by atoms with Crippen LogP contribution in [0, 0.1) is 5.41 Å². The molecule has 3 N–H and O–H groups in total. The second kappa shape index (κ2) is 6.49. The van der Waals surface area contributed by atoms with Crippen LogP contribution in [-0.4, -0.2) is 12.4 Å². The minimum Gasteiger partial charge on any atom is -0.494 e. The average Bonchev–Trinajstić information content (AvgIpc) is 2.24. The van der Waals surface area contributed by atoms with E-state index in [4.69, 9.17) is 15.9 Å². The Kier molecular flexibility index (Phi) is 5.97. The van der Waals surface area contributed by atoms with Crippen LogP contribution in [0.25, 0.3) is 0 Å². The summed E-state index contributed by atoms with van der Waals surface area (Å²) in [5.41, 5.74) is 3.83. The summed E-state index contributed by atoms with van der Waals surface area (Å²) in [4.78, 5) is 0. The highest BCUT2D eigenvalue weighted by atomic mass is 35.5. The normalized spacial score (nSPS) is 10.7. The lowest BCUT2D eigenvalue weighted by molar-refractivity contribution is -0.137. The first-order chi connectivity index (χ1) is 7.86. The molecule has 1 aromatic rings. The molecule has 0 radical (unpaired) electrons. The molecule has 0 amide bonds. The molecule has 0 spiro atoms. The van der Waals surface area contributed by atoms with E-state index in [0.717, 1.165) is 12.1 Å². The third kappa shape index (κ3) is 4.10. The summed E-state index contributed by atoms with van der Waals surface area (Å²) >= 11 is 0. The topological polar surface area (TPSA) is 59.1 Å². The smallest absolute Gasteiger partial charge is 0.417 e. The highest BCUT2D eigenvalue weighted by Crippen LogP contribution is 2.34. The number of rotatable bonds is 4. The molecule has 0 aliphatic heterocycles. The predicted molar refractivity (Wildman–Crippen MR) is 65.5 cm³/mol. The maximum atomic E-state index is 12.7. The van der Waals surface area contributed by atoms with Gasteiger partial charge in [0.05, 0.1) is 12.2 Å². The first-order valence-corrected chi connectivity index (χ1v) is 5.04. The van der Waals surface area contributed by atoms with Crippen LogP contribution >= 0.6 is 12.4 Å². The first-order valence-electron chi connectivity index (χ1n) is 5.04. The molecule has 0 atom stereocenters. The van der Waals surface area contributed by atoms with Crippen LogP contribution < -0.4 is 10.5 Å². The molecule has 0 bridgehead atoms. The maximum absolute atomic E-state index is 12.7. The molecule has 7 heteroatoms. The van der Waals surface area contributed by atoms with Gasteiger partial charge in [0, 0.05) is 5.56 Å². The molecule has 1 aromatic carbocycles. The highest BCUT2D eigenvalue weighted by Gasteiger charge is 2.34. The van der Waals surface area contributed by atoms with Crippen LogP contribution in [-0.2, 0) is 6.18 Å². The number of halogens is 4. The Balaban J connectivity index is 0.00000289.